The molecular weight excluding hydrogens is 316 g/mol. The van der Waals surface area contributed by atoms with Gasteiger partial charge in [0.1, 0.15) is 6.04 Å². The first-order chi connectivity index (χ1) is 10.7. The molecule has 0 aliphatic rings. The van der Waals surface area contributed by atoms with E-state index >= 15 is 0 Å². The number of thioether (sulfide) groups is 1. The van der Waals surface area contributed by atoms with Crippen molar-refractivity contribution in [3.8, 4) is 0 Å². The van der Waals surface area contributed by atoms with Gasteiger partial charge in [-0.1, -0.05) is 24.3 Å². The van der Waals surface area contributed by atoms with E-state index in [2.05, 4.69) is 10.6 Å². The molecule has 4 nitrogen and oxygen atoms in total. The standard InChI is InChI=1S/C16H18N2O2S2/c1-12(18-16(20)14-8-5-10-22-14)15(19)17-9-11-21-13-6-3-2-4-7-13/h2-8,10,12H,9,11H2,1H3,(H,17,19)(H,18,20). The Kier molecular flexibility index (Phi) is 6.48. The van der Waals surface area contributed by atoms with Crippen molar-refractivity contribution in [2.75, 3.05) is 12.3 Å². The van der Waals surface area contributed by atoms with Crippen LogP contribution >= 0.6 is 23.1 Å². The van der Waals surface area contributed by atoms with Gasteiger partial charge in [-0.15, -0.1) is 23.1 Å². The third-order valence-corrected chi connectivity index (χ3v) is 4.78. The Balaban J connectivity index is 1.67. The molecule has 2 rings (SSSR count). The molecule has 0 saturated heterocycles. The van der Waals surface area contributed by atoms with Crippen molar-refractivity contribution in [3.05, 3.63) is 52.7 Å². The van der Waals surface area contributed by atoms with Gasteiger partial charge >= 0.3 is 0 Å². The fourth-order valence-electron chi connectivity index (χ4n) is 1.75. The molecule has 2 amide bonds. The van der Waals surface area contributed by atoms with Gasteiger partial charge in [-0.25, -0.2) is 0 Å². The monoisotopic (exact) mass is 334 g/mol. The number of rotatable bonds is 7. The molecule has 2 N–H and O–H groups in total. The zero-order chi connectivity index (χ0) is 15.8. The van der Waals surface area contributed by atoms with Crippen molar-refractivity contribution >= 4 is 34.9 Å². The molecular formula is C16H18N2O2S2. The smallest absolute Gasteiger partial charge is 0.261 e. The molecule has 0 saturated carbocycles. The Hall–Kier alpha value is -1.79. The van der Waals surface area contributed by atoms with Crippen molar-refractivity contribution in [1.82, 2.24) is 10.6 Å². The Morgan fingerprint density at radius 2 is 1.95 bits per heavy atom. The summed E-state index contributed by atoms with van der Waals surface area (Å²) >= 11 is 3.04. The maximum absolute atomic E-state index is 11.9. The minimum Gasteiger partial charge on any atom is -0.353 e. The van der Waals surface area contributed by atoms with Crippen LogP contribution in [0.2, 0.25) is 0 Å². The van der Waals surface area contributed by atoms with Crippen molar-refractivity contribution in [2.24, 2.45) is 0 Å². The summed E-state index contributed by atoms with van der Waals surface area (Å²) in [5.74, 6) is 0.413. The zero-order valence-corrected chi connectivity index (χ0v) is 13.9. The normalized spacial score (nSPS) is 11.7. The van der Waals surface area contributed by atoms with Gasteiger partial charge in [0, 0.05) is 17.2 Å². The van der Waals surface area contributed by atoms with Crippen molar-refractivity contribution in [1.29, 1.82) is 0 Å². The molecule has 1 atom stereocenters. The van der Waals surface area contributed by atoms with Crippen LogP contribution in [0.1, 0.15) is 16.6 Å². The van der Waals surface area contributed by atoms with E-state index in [0.29, 0.717) is 11.4 Å². The number of hydrogen-bond donors (Lipinski definition) is 2. The Morgan fingerprint density at radius 1 is 1.18 bits per heavy atom. The minimum atomic E-state index is -0.545. The van der Waals surface area contributed by atoms with Gasteiger partial charge in [0.2, 0.25) is 5.91 Å². The van der Waals surface area contributed by atoms with Crippen LogP contribution in [0.4, 0.5) is 0 Å². The quantitative estimate of drug-likeness (QED) is 0.605. The lowest BCUT2D eigenvalue weighted by atomic mass is 10.3. The van der Waals surface area contributed by atoms with E-state index < -0.39 is 6.04 Å². The first-order valence-electron chi connectivity index (χ1n) is 6.97. The van der Waals surface area contributed by atoms with Crippen molar-refractivity contribution in [2.45, 2.75) is 17.9 Å². The van der Waals surface area contributed by atoms with Crippen LogP contribution in [0.15, 0.2) is 52.7 Å². The van der Waals surface area contributed by atoms with Gasteiger partial charge in [-0.05, 0) is 30.5 Å². The predicted molar refractivity (Wildman–Crippen MR) is 91.4 cm³/mol. The van der Waals surface area contributed by atoms with Gasteiger partial charge < -0.3 is 10.6 Å². The number of carbonyl (C=O) groups excluding carboxylic acids is 2. The molecule has 1 aromatic carbocycles. The summed E-state index contributed by atoms with van der Waals surface area (Å²) in [6, 6.07) is 13.0. The second-order valence-electron chi connectivity index (χ2n) is 4.62. The second-order valence-corrected chi connectivity index (χ2v) is 6.74. The fraction of sp³-hybridized carbons (Fsp3) is 0.250. The molecule has 1 aromatic heterocycles. The number of hydrogen-bond acceptors (Lipinski definition) is 4. The van der Waals surface area contributed by atoms with Crippen molar-refractivity contribution in [3.63, 3.8) is 0 Å². The van der Waals surface area contributed by atoms with E-state index in [0.717, 1.165) is 5.75 Å². The van der Waals surface area contributed by atoms with Crippen molar-refractivity contribution < 1.29 is 9.59 Å². The number of benzene rings is 1. The highest BCUT2D eigenvalue weighted by atomic mass is 32.2. The van der Waals surface area contributed by atoms with Crippen LogP contribution in [-0.2, 0) is 4.79 Å². The molecule has 0 bridgehead atoms. The maximum atomic E-state index is 11.9. The van der Waals surface area contributed by atoms with Gasteiger partial charge in [0.05, 0.1) is 4.88 Å². The Bertz CT molecular complexity index is 600. The first kappa shape index (κ1) is 16.6. The summed E-state index contributed by atoms with van der Waals surface area (Å²) in [6.07, 6.45) is 0. The van der Waals surface area contributed by atoms with E-state index in [9.17, 15) is 9.59 Å². The molecule has 116 valence electrons. The largest absolute Gasteiger partial charge is 0.353 e. The molecule has 1 heterocycles. The van der Waals surface area contributed by atoms with E-state index in [4.69, 9.17) is 0 Å². The molecule has 0 radical (unpaired) electrons. The predicted octanol–water partition coefficient (Wildman–Crippen LogP) is 2.77. The minimum absolute atomic E-state index is 0.168. The van der Waals surface area contributed by atoms with Crippen LogP contribution in [0.3, 0.4) is 0 Å². The third kappa shape index (κ3) is 5.20. The average Bonchev–Trinajstić information content (AvgIpc) is 3.07. The van der Waals surface area contributed by atoms with E-state index in [1.54, 1.807) is 24.8 Å². The average molecular weight is 334 g/mol. The summed E-state index contributed by atoms with van der Waals surface area (Å²) < 4.78 is 0. The SMILES string of the molecule is CC(NC(=O)c1cccs1)C(=O)NCCSc1ccccc1. The highest BCUT2D eigenvalue weighted by Crippen LogP contribution is 2.15. The topological polar surface area (TPSA) is 58.2 Å². The second kappa shape index (κ2) is 8.60. The Morgan fingerprint density at radius 3 is 2.64 bits per heavy atom. The molecule has 0 fully saturated rings. The summed E-state index contributed by atoms with van der Waals surface area (Å²) in [6.45, 7) is 2.25. The zero-order valence-electron chi connectivity index (χ0n) is 12.2. The van der Waals surface area contributed by atoms with Gasteiger partial charge in [0.25, 0.3) is 5.91 Å². The summed E-state index contributed by atoms with van der Waals surface area (Å²) in [5, 5.41) is 7.36. The number of amides is 2. The van der Waals surface area contributed by atoms with Crippen LogP contribution in [-0.4, -0.2) is 30.2 Å². The van der Waals surface area contributed by atoms with Crippen LogP contribution in [0.5, 0.6) is 0 Å². The van der Waals surface area contributed by atoms with Gasteiger partial charge in [-0.2, -0.15) is 0 Å². The molecule has 0 spiro atoms. The number of nitrogens with one attached hydrogen (secondary N) is 2. The summed E-state index contributed by atoms with van der Waals surface area (Å²) in [5.41, 5.74) is 0. The summed E-state index contributed by atoms with van der Waals surface area (Å²) in [4.78, 5) is 25.6. The molecule has 0 aliphatic carbocycles. The first-order valence-corrected chi connectivity index (χ1v) is 8.83. The van der Waals surface area contributed by atoms with Crippen LogP contribution < -0.4 is 10.6 Å². The lowest BCUT2D eigenvalue weighted by molar-refractivity contribution is -0.122. The highest BCUT2D eigenvalue weighted by Gasteiger charge is 2.16. The van der Waals surface area contributed by atoms with E-state index in [1.807, 2.05) is 41.8 Å². The lowest BCUT2D eigenvalue weighted by Gasteiger charge is -2.13. The van der Waals surface area contributed by atoms with Gasteiger partial charge in [0.15, 0.2) is 0 Å². The Labute approximate surface area is 138 Å². The molecule has 2 aromatic rings. The van der Waals surface area contributed by atoms with Gasteiger partial charge in [-0.3, -0.25) is 9.59 Å². The molecule has 22 heavy (non-hydrogen) atoms. The highest BCUT2D eigenvalue weighted by molar-refractivity contribution is 7.99. The van der Waals surface area contributed by atoms with E-state index in [-0.39, 0.29) is 11.8 Å². The fourth-order valence-corrected chi connectivity index (χ4v) is 3.17. The lowest BCUT2D eigenvalue weighted by Crippen LogP contribution is -2.45. The number of thiophene rings is 1. The van der Waals surface area contributed by atoms with E-state index in [1.165, 1.54) is 16.2 Å². The molecule has 6 heteroatoms. The van der Waals surface area contributed by atoms with Crippen LogP contribution in [0.25, 0.3) is 0 Å². The molecule has 0 aliphatic heterocycles. The van der Waals surface area contributed by atoms with Crippen LogP contribution in [0, 0.1) is 0 Å². The summed E-state index contributed by atoms with van der Waals surface area (Å²) in [7, 11) is 0. The number of carbonyl (C=O) groups is 2. The molecule has 1 unspecified atom stereocenters. The third-order valence-electron chi connectivity index (χ3n) is 2.90. The maximum Gasteiger partial charge on any atom is 0.261 e.